The Hall–Kier alpha value is -1.30. The lowest BCUT2D eigenvalue weighted by Gasteiger charge is -2.36. The topological polar surface area (TPSA) is 50.8 Å². The zero-order valence-corrected chi connectivity index (χ0v) is 14.1. The van der Waals surface area contributed by atoms with Crippen molar-refractivity contribution in [3.63, 3.8) is 0 Å². The SMILES string of the molecule is CNC(=O)C1(COC)CCCN1Cc1ccc(OC)cc1Cl. The van der Waals surface area contributed by atoms with Crippen molar-refractivity contribution in [2.24, 2.45) is 0 Å². The van der Waals surface area contributed by atoms with E-state index < -0.39 is 5.54 Å². The lowest BCUT2D eigenvalue weighted by molar-refractivity contribution is -0.135. The number of carbonyl (C=O) groups excluding carboxylic acids is 1. The van der Waals surface area contributed by atoms with Crippen LogP contribution in [-0.4, -0.2) is 50.8 Å². The molecule has 1 aromatic carbocycles. The summed E-state index contributed by atoms with van der Waals surface area (Å²) in [6.45, 7) is 1.83. The van der Waals surface area contributed by atoms with E-state index in [1.807, 2.05) is 12.1 Å². The van der Waals surface area contributed by atoms with Crippen LogP contribution in [0, 0.1) is 0 Å². The molecule has 6 heteroatoms. The number of nitrogens with zero attached hydrogens (tertiary/aromatic N) is 1. The maximum Gasteiger partial charge on any atom is 0.242 e. The second-order valence-corrected chi connectivity index (χ2v) is 5.93. The predicted octanol–water partition coefficient (Wildman–Crippen LogP) is 2.08. The van der Waals surface area contributed by atoms with E-state index >= 15 is 0 Å². The molecule has 0 bridgehead atoms. The van der Waals surface area contributed by atoms with Gasteiger partial charge in [0.15, 0.2) is 0 Å². The number of halogens is 1. The Balaban J connectivity index is 2.24. The molecule has 0 aliphatic carbocycles. The standard InChI is InChI=1S/C16H23ClN2O3/c1-18-15(20)16(11-21-2)7-4-8-19(16)10-12-5-6-13(22-3)9-14(12)17/h5-6,9H,4,7-8,10-11H2,1-3H3,(H,18,20). The van der Waals surface area contributed by atoms with E-state index in [1.165, 1.54) is 0 Å². The molecule has 1 aliphatic rings. The first kappa shape index (κ1) is 17.1. The first-order chi connectivity index (χ1) is 10.6. The van der Waals surface area contributed by atoms with Gasteiger partial charge >= 0.3 is 0 Å². The number of ether oxygens (including phenoxy) is 2. The van der Waals surface area contributed by atoms with Crippen molar-refractivity contribution in [2.75, 3.05) is 34.4 Å². The third kappa shape index (κ3) is 3.21. The van der Waals surface area contributed by atoms with Gasteiger partial charge in [0, 0.05) is 25.7 Å². The fourth-order valence-corrected chi connectivity index (χ4v) is 3.34. The van der Waals surface area contributed by atoms with E-state index in [4.69, 9.17) is 21.1 Å². The summed E-state index contributed by atoms with van der Waals surface area (Å²) >= 11 is 6.33. The molecular weight excluding hydrogens is 304 g/mol. The highest BCUT2D eigenvalue weighted by atomic mass is 35.5. The number of amides is 1. The van der Waals surface area contributed by atoms with E-state index in [0.29, 0.717) is 18.2 Å². The number of carbonyl (C=O) groups is 1. The molecule has 22 heavy (non-hydrogen) atoms. The molecule has 1 amide bonds. The molecule has 1 aromatic rings. The summed E-state index contributed by atoms with van der Waals surface area (Å²) in [7, 11) is 4.90. The Kier molecular flexibility index (Phi) is 5.67. The lowest BCUT2D eigenvalue weighted by Crippen LogP contribution is -2.57. The molecule has 1 atom stereocenters. The number of likely N-dealkylation sites (tertiary alicyclic amines) is 1. The van der Waals surface area contributed by atoms with E-state index in [1.54, 1.807) is 27.3 Å². The predicted molar refractivity (Wildman–Crippen MR) is 86.3 cm³/mol. The van der Waals surface area contributed by atoms with Crippen molar-refractivity contribution in [2.45, 2.75) is 24.9 Å². The largest absolute Gasteiger partial charge is 0.497 e. The van der Waals surface area contributed by atoms with Crippen molar-refractivity contribution < 1.29 is 14.3 Å². The number of likely N-dealkylation sites (N-methyl/N-ethyl adjacent to an activating group) is 1. The van der Waals surface area contributed by atoms with Crippen LogP contribution in [0.25, 0.3) is 0 Å². The zero-order chi connectivity index (χ0) is 16.2. The minimum Gasteiger partial charge on any atom is -0.497 e. The van der Waals surface area contributed by atoms with Gasteiger partial charge in [-0.25, -0.2) is 0 Å². The average molecular weight is 327 g/mol. The maximum absolute atomic E-state index is 12.4. The Bertz CT molecular complexity index is 538. The van der Waals surface area contributed by atoms with Crippen LogP contribution < -0.4 is 10.1 Å². The Labute approximate surface area is 136 Å². The molecule has 0 aromatic heterocycles. The van der Waals surface area contributed by atoms with Gasteiger partial charge in [-0.2, -0.15) is 0 Å². The number of benzene rings is 1. The molecule has 0 saturated carbocycles. The summed E-state index contributed by atoms with van der Waals surface area (Å²) in [6, 6.07) is 5.63. The molecular formula is C16H23ClN2O3. The lowest BCUT2D eigenvalue weighted by atomic mass is 9.95. The van der Waals surface area contributed by atoms with Gasteiger partial charge in [0.05, 0.1) is 13.7 Å². The number of nitrogens with one attached hydrogen (secondary N) is 1. The number of hydrogen-bond donors (Lipinski definition) is 1. The minimum absolute atomic E-state index is 0.00326. The van der Waals surface area contributed by atoms with Crippen LogP contribution in [0.5, 0.6) is 5.75 Å². The van der Waals surface area contributed by atoms with Crippen molar-refractivity contribution in [1.29, 1.82) is 0 Å². The fraction of sp³-hybridized carbons (Fsp3) is 0.562. The van der Waals surface area contributed by atoms with Gasteiger partial charge in [0.25, 0.3) is 0 Å². The van der Waals surface area contributed by atoms with E-state index in [-0.39, 0.29) is 5.91 Å². The van der Waals surface area contributed by atoms with Crippen LogP contribution in [0.2, 0.25) is 5.02 Å². The Morgan fingerprint density at radius 1 is 1.45 bits per heavy atom. The number of rotatable bonds is 6. The second kappa shape index (κ2) is 7.31. The van der Waals surface area contributed by atoms with E-state index in [2.05, 4.69) is 10.2 Å². The van der Waals surface area contributed by atoms with Crippen LogP contribution in [0.1, 0.15) is 18.4 Å². The quantitative estimate of drug-likeness (QED) is 0.869. The van der Waals surface area contributed by atoms with E-state index in [0.717, 1.165) is 30.7 Å². The highest BCUT2D eigenvalue weighted by Crippen LogP contribution is 2.33. The van der Waals surface area contributed by atoms with Crippen LogP contribution >= 0.6 is 11.6 Å². The monoisotopic (exact) mass is 326 g/mol. The van der Waals surface area contributed by atoms with Crippen LogP contribution in [-0.2, 0) is 16.1 Å². The van der Waals surface area contributed by atoms with Gasteiger partial charge < -0.3 is 14.8 Å². The molecule has 1 fully saturated rings. The summed E-state index contributed by atoms with van der Waals surface area (Å²) < 4.78 is 10.5. The molecule has 122 valence electrons. The van der Waals surface area contributed by atoms with Gasteiger partial charge in [-0.1, -0.05) is 17.7 Å². The Morgan fingerprint density at radius 3 is 2.82 bits per heavy atom. The van der Waals surface area contributed by atoms with Crippen molar-refractivity contribution in [1.82, 2.24) is 10.2 Å². The van der Waals surface area contributed by atoms with Gasteiger partial charge in [-0.3, -0.25) is 9.69 Å². The third-order valence-electron chi connectivity index (χ3n) is 4.28. The first-order valence-corrected chi connectivity index (χ1v) is 7.74. The highest BCUT2D eigenvalue weighted by Gasteiger charge is 2.47. The van der Waals surface area contributed by atoms with Gasteiger partial charge in [-0.15, -0.1) is 0 Å². The molecule has 0 spiro atoms. The van der Waals surface area contributed by atoms with Crippen LogP contribution in [0.15, 0.2) is 18.2 Å². The van der Waals surface area contributed by atoms with Crippen LogP contribution in [0.3, 0.4) is 0 Å². The first-order valence-electron chi connectivity index (χ1n) is 7.36. The molecule has 1 saturated heterocycles. The minimum atomic E-state index is -0.618. The molecule has 2 rings (SSSR count). The van der Waals surface area contributed by atoms with Gasteiger partial charge in [0.1, 0.15) is 11.3 Å². The van der Waals surface area contributed by atoms with E-state index in [9.17, 15) is 4.79 Å². The summed E-state index contributed by atoms with van der Waals surface area (Å²) in [5.74, 6) is 0.723. The molecule has 1 unspecified atom stereocenters. The number of methoxy groups -OCH3 is 2. The summed E-state index contributed by atoms with van der Waals surface area (Å²) in [5.41, 5.74) is 0.362. The third-order valence-corrected chi connectivity index (χ3v) is 4.63. The fourth-order valence-electron chi connectivity index (χ4n) is 3.11. The van der Waals surface area contributed by atoms with Crippen LogP contribution in [0.4, 0.5) is 0 Å². The van der Waals surface area contributed by atoms with Crippen molar-refractivity contribution >= 4 is 17.5 Å². The van der Waals surface area contributed by atoms with Gasteiger partial charge in [0.2, 0.25) is 5.91 Å². The maximum atomic E-state index is 12.4. The van der Waals surface area contributed by atoms with Crippen molar-refractivity contribution in [3.8, 4) is 5.75 Å². The molecule has 1 aliphatic heterocycles. The number of hydrogen-bond acceptors (Lipinski definition) is 4. The summed E-state index contributed by atoms with van der Waals surface area (Å²) in [6.07, 6.45) is 1.75. The normalized spacial score (nSPS) is 21.8. The second-order valence-electron chi connectivity index (χ2n) is 5.53. The van der Waals surface area contributed by atoms with Crippen molar-refractivity contribution in [3.05, 3.63) is 28.8 Å². The molecule has 1 N–H and O–H groups in total. The Morgan fingerprint density at radius 2 is 2.23 bits per heavy atom. The van der Waals surface area contributed by atoms with Gasteiger partial charge in [-0.05, 0) is 37.1 Å². The summed E-state index contributed by atoms with van der Waals surface area (Å²) in [5, 5.41) is 3.42. The zero-order valence-electron chi connectivity index (χ0n) is 13.3. The summed E-state index contributed by atoms with van der Waals surface area (Å²) in [4.78, 5) is 14.6. The molecule has 5 nitrogen and oxygen atoms in total. The smallest absolute Gasteiger partial charge is 0.242 e. The average Bonchev–Trinajstić information content (AvgIpc) is 2.92. The molecule has 0 radical (unpaired) electrons. The highest BCUT2D eigenvalue weighted by molar-refractivity contribution is 6.31. The molecule has 1 heterocycles.